The van der Waals surface area contributed by atoms with Gasteiger partial charge in [-0.25, -0.2) is 14.4 Å². The normalized spacial score (nSPS) is 13.8. The van der Waals surface area contributed by atoms with Crippen molar-refractivity contribution in [2.75, 3.05) is 26.7 Å². The Morgan fingerprint density at radius 2 is 0.935 bits per heavy atom. The highest BCUT2D eigenvalue weighted by Gasteiger charge is 2.38. The fourth-order valence-corrected chi connectivity index (χ4v) is 5.65. The van der Waals surface area contributed by atoms with Crippen LogP contribution < -0.4 is 47.9 Å². The zero-order valence-corrected chi connectivity index (χ0v) is 39.9. The summed E-state index contributed by atoms with van der Waals surface area (Å²) in [5, 5.41) is 23.7. The Kier molecular flexibility index (Phi) is 23.5. The molecule has 0 aliphatic heterocycles. The van der Waals surface area contributed by atoms with Crippen LogP contribution in [0.15, 0.2) is 0 Å². The van der Waals surface area contributed by atoms with Gasteiger partial charge in [-0.3, -0.25) is 28.8 Å². The first-order valence-corrected chi connectivity index (χ1v) is 21.2. The number of urea groups is 1. The number of amides is 9. The molecule has 0 aliphatic rings. The van der Waals surface area contributed by atoms with Gasteiger partial charge >= 0.3 is 18.1 Å². The summed E-state index contributed by atoms with van der Waals surface area (Å²) in [5.41, 5.74) is -3.71. The van der Waals surface area contributed by atoms with Crippen molar-refractivity contribution >= 4 is 53.5 Å². The Hall–Kier alpha value is -5.17. The predicted molar refractivity (Wildman–Crippen MR) is 233 cm³/mol. The van der Waals surface area contributed by atoms with Gasteiger partial charge in [-0.2, -0.15) is 0 Å². The minimum atomic E-state index is -1.48. The van der Waals surface area contributed by atoms with Crippen LogP contribution in [-0.4, -0.2) is 121 Å². The second kappa shape index (κ2) is 25.7. The smallest absolute Gasteiger partial charge is 0.408 e. The van der Waals surface area contributed by atoms with Gasteiger partial charge in [0.2, 0.25) is 35.4 Å². The van der Waals surface area contributed by atoms with Crippen molar-refractivity contribution < 1.29 is 52.6 Å². The minimum Gasteiger partial charge on any atom is -0.467 e. The summed E-state index contributed by atoms with van der Waals surface area (Å²) in [6.45, 7) is 25.4. The molecule has 0 aromatic rings. The van der Waals surface area contributed by atoms with E-state index in [1.165, 1.54) is 34.8 Å². The SMILES string of the molecule is COC(=O)[C@@H](NC(=O)C(C)(C)NC(=O)[C@H](CC(C)C)NC(=O)CCNC(=O)NCCNC(=O)[C@@H](NC(=O)C(C)(C)NC(=O)[C@H](CC(C)C)NC(=O)OC(C)(C)C)C(C)C)C(C)C. The summed E-state index contributed by atoms with van der Waals surface area (Å²) < 4.78 is 10.1. The predicted octanol–water partition coefficient (Wildman–Crippen LogP) is 1.51. The van der Waals surface area contributed by atoms with Gasteiger partial charge in [0.15, 0.2) is 0 Å². The van der Waals surface area contributed by atoms with Crippen LogP contribution >= 0.6 is 0 Å². The molecule has 0 rings (SSSR count). The van der Waals surface area contributed by atoms with E-state index in [1.807, 2.05) is 27.7 Å². The van der Waals surface area contributed by atoms with Gasteiger partial charge in [0, 0.05) is 26.1 Å². The summed E-state index contributed by atoms with van der Waals surface area (Å²) in [6.07, 6.45) is -0.400. The van der Waals surface area contributed by atoms with Crippen molar-refractivity contribution in [3.8, 4) is 0 Å². The third kappa shape index (κ3) is 22.1. The van der Waals surface area contributed by atoms with E-state index in [4.69, 9.17) is 9.47 Å². The Morgan fingerprint density at radius 3 is 1.35 bits per heavy atom. The molecule has 0 aromatic carbocycles. The molecule has 0 fully saturated rings. The van der Waals surface area contributed by atoms with Crippen molar-refractivity contribution in [2.24, 2.45) is 23.7 Å². The van der Waals surface area contributed by atoms with Crippen molar-refractivity contribution in [3.63, 3.8) is 0 Å². The lowest BCUT2D eigenvalue weighted by Gasteiger charge is -2.31. The molecule has 0 unspecified atom stereocenters. The fourth-order valence-electron chi connectivity index (χ4n) is 5.65. The maximum atomic E-state index is 13.4. The summed E-state index contributed by atoms with van der Waals surface area (Å²) in [5.74, 6) is -4.74. The number of hydrogen-bond acceptors (Lipinski definition) is 11. The molecule has 0 spiro atoms. The maximum Gasteiger partial charge on any atom is 0.408 e. The number of methoxy groups -OCH3 is 1. The Labute approximate surface area is 367 Å². The van der Waals surface area contributed by atoms with Crippen LogP contribution in [0.3, 0.4) is 0 Å². The van der Waals surface area contributed by atoms with Crippen LogP contribution in [0.1, 0.15) is 123 Å². The van der Waals surface area contributed by atoms with Gasteiger partial charge in [0.1, 0.15) is 40.8 Å². The van der Waals surface area contributed by atoms with Crippen LogP contribution in [-0.2, 0) is 43.0 Å². The molecule has 20 heteroatoms. The zero-order chi connectivity index (χ0) is 48.3. The Morgan fingerprint density at radius 1 is 0.516 bits per heavy atom. The summed E-state index contributed by atoms with van der Waals surface area (Å²) in [6, 6.07) is -4.52. The topological polar surface area (TPSA) is 280 Å². The summed E-state index contributed by atoms with van der Waals surface area (Å²) in [7, 11) is 1.21. The number of carbonyl (C=O) groups excluding carboxylic acids is 9. The van der Waals surface area contributed by atoms with Gasteiger partial charge in [-0.15, -0.1) is 0 Å². The molecule has 62 heavy (non-hydrogen) atoms. The first-order valence-electron chi connectivity index (χ1n) is 21.2. The van der Waals surface area contributed by atoms with Crippen molar-refractivity contribution in [1.82, 2.24) is 47.9 Å². The third-order valence-electron chi connectivity index (χ3n) is 9.07. The van der Waals surface area contributed by atoms with Crippen molar-refractivity contribution in [1.29, 1.82) is 0 Å². The fraction of sp³-hybridized carbons (Fsp3) is 0.786. The molecule has 9 N–H and O–H groups in total. The lowest BCUT2D eigenvalue weighted by atomic mass is 9.97. The standard InChI is InChI=1S/C42H77N9O11/c1-23(2)21-27(32(53)50-42(14,15)37(58)49-31(26(7)8)35(56)61-16)46-29(52)17-18-44-38(59)45-20-19-43-34(55)30(25(5)6)48-36(57)41(12,13)51-33(54)28(22-24(3)4)47-39(60)62-40(9,10)11/h23-28,30-31H,17-22H2,1-16H3,(H,43,55)(H,46,52)(H,47,60)(H,48,57)(H,49,58)(H,50,53)(H,51,54)(H2,44,45,59)/t27-,28-,30-,31-/m0/s1. The lowest BCUT2D eigenvalue weighted by molar-refractivity contribution is -0.147. The molecule has 20 nitrogen and oxygen atoms in total. The number of carbonyl (C=O) groups is 9. The molecular formula is C42H77N9O11. The van der Waals surface area contributed by atoms with Crippen LogP contribution in [0.2, 0.25) is 0 Å². The van der Waals surface area contributed by atoms with Crippen LogP contribution in [0.25, 0.3) is 0 Å². The number of esters is 1. The molecule has 0 bridgehead atoms. The first-order chi connectivity index (χ1) is 28.3. The van der Waals surface area contributed by atoms with E-state index >= 15 is 0 Å². The van der Waals surface area contributed by atoms with Crippen LogP contribution in [0, 0.1) is 23.7 Å². The van der Waals surface area contributed by atoms with Crippen molar-refractivity contribution in [3.05, 3.63) is 0 Å². The first kappa shape index (κ1) is 56.8. The zero-order valence-electron chi connectivity index (χ0n) is 39.9. The highest BCUT2D eigenvalue weighted by molar-refractivity contribution is 5.97. The largest absolute Gasteiger partial charge is 0.467 e. The molecule has 0 saturated heterocycles. The van der Waals surface area contributed by atoms with Crippen LogP contribution in [0.4, 0.5) is 9.59 Å². The Balaban J connectivity index is 5.15. The minimum absolute atomic E-state index is 0.000353. The highest BCUT2D eigenvalue weighted by atomic mass is 16.6. The van der Waals surface area contributed by atoms with E-state index in [-0.39, 0.29) is 62.6 Å². The van der Waals surface area contributed by atoms with Gasteiger partial charge in [0.05, 0.1) is 7.11 Å². The van der Waals surface area contributed by atoms with E-state index in [9.17, 15) is 43.2 Å². The van der Waals surface area contributed by atoms with Gasteiger partial charge in [0.25, 0.3) is 0 Å². The summed E-state index contributed by atoms with van der Waals surface area (Å²) in [4.78, 5) is 116. The number of hydrogen-bond donors (Lipinski definition) is 9. The highest BCUT2D eigenvalue weighted by Crippen LogP contribution is 2.14. The molecule has 0 radical (unpaired) electrons. The lowest BCUT2D eigenvalue weighted by Crippen LogP contribution is -2.62. The third-order valence-corrected chi connectivity index (χ3v) is 9.07. The molecule has 0 heterocycles. The van der Waals surface area contributed by atoms with E-state index < -0.39 is 94.4 Å². The summed E-state index contributed by atoms with van der Waals surface area (Å²) >= 11 is 0. The molecule has 0 aliphatic carbocycles. The Bertz CT molecular complexity index is 1560. The second-order valence-corrected chi connectivity index (χ2v) is 18.9. The van der Waals surface area contributed by atoms with Crippen LogP contribution in [0.5, 0.6) is 0 Å². The molecule has 4 atom stereocenters. The van der Waals surface area contributed by atoms with E-state index in [0.717, 1.165) is 0 Å². The molecule has 0 saturated carbocycles. The van der Waals surface area contributed by atoms with Crippen molar-refractivity contribution in [2.45, 2.75) is 164 Å². The van der Waals surface area contributed by atoms with Gasteiger partial charge < -0.3 is 57.3 Å². The average molecular weight is 884 g/mol. The molecule has 0 aromatic heterocycles. The van der Waals surface area contributed by atoms with E-state index in [1.54, 1.807) is 48.5 Å². The quantitative estimate of drug-likeness (QED) is 0.0495. The van der Waals surface area contributed by atoms with Gasteiger partial charge in [-0.05, 0) is 85.0 Å². The molecular weight excluding hydrogens is 807 g/mol. The number of rotatable bonds is 24. The van der Waals surface area contributed by atoms with E-state index in [0.29, 0.717) is 0 Å². The van der Waals surface area contributed by atoms with Gasteiger partial charge in [-0.1, -0.05) is 55.4 Å². The maximum absolute atomic E-state index is 13.4. The van der Waals surface area contributed by atoms with E-state index in [2.05, 4.69) is 47.9 Å². The number of nitrogens with one attached hydrogen (secondary N) is 9. The average Bonchev–Trinajstić information content (AvgIpc) is 3.11. The second-order valence-electron chi connectivity index (χ2n) is 18.9. The molecule has 356 valence electrons. The number of ether oxygens (including phenoxy) is 2. The monoisotopic (exact) mass is 884 g/mol. The molecule has 9 amide bonds. The number of alkyl carbamates (subject to hydrolysis) is 1.